The normalized spacial score (nSPS) is 17.9. The number of aryl methyl sites for hydroxylation is 1. The quantitative estimate of drug-likeness (QED) is 0.882. The van der Waals surface area contributed by atoms with Gasteiger partial charge in [-0.1, -0.05) is 26.0 Å². The van der Waals surface area contributed by atoms with Crippen LogP contribution in [-0.2, 0) is 0 Å². The molecule has 1 aromatic carbocycles. The molecule has 1 aromatic rings. The summed E-state index contributed by atoms with van der Waals surface area (Å²) in [6.07, 6.45) is 2.08. The Kier molecular flexibility index (Phi) is 3.82. The lowest BCUT2D eigenvalue weighted by Crippen LogP contribution is -2.46. The smallest absolute Gasteiger partial charge is 0.141 e. The molecule has 2 rings (SSSR count). The maximum absolute atomic E-state index is 9.23. The van der Waals surface area contributed by atoms with Gasteiger partial charge in [-0.05, 0) is 48.8 Å². The zero-order chi connectivity index (χ0) is 14.0. The van der Waals surface area contributed by atoms with Gasteiger partial charge >= 0.3 is 0 Å². The molecule has 3 heteroatoms. The van der Waals surface area contributed by atoms with Crippen LogP contribution in [0.1, 0.15) is 43.7 Å². The van der Waals surface area contributed by atoms with E-state index in [1.54, 1.807) is 0 Å². The van der Waals surface area contributed by atoms with Crippen molar-refractivity contribution >= 4 is 0 Å². The Hall–Kier alpha value is -1.53. The third-order valence-corrected chi connectivity index (χ3v) is 3.86. The molecule has 2 N–H and O–H groups in total. The van der Waals surface area contributed by atoms with Crippen LogP contribution < -0.4 is 10.5 Å². The molecule has 1 aliphatic rings. The van der Waals surface area contributed by atoms with Gasteiger partial charge in [0.05, 0.1) is 6.07 Å². The highest BCUT2D eigenvalue weighted by molar-refractivity contribution is 5.38. The molecule has 0 amide bonds. The van der Waals surface area contributed by atoms with Crippen LogP contribution in [0, 0.1) is 24.2 Å². The molecule has 0 bridgehead atoms. The molecule has 19 heavy (non-hydrogen) atoms. The largest absolute Gasteiger partial charge is 0.490 e. The summed E-state index contributed by atoms with van der Waals surface area (Å²) in [5, 5.41) is 9.23. The average Bonchev–Trinajstić information content (AvgIpc) is 3.21. The highest BCUT2D eigenvalue weighted by Crippen LogP contribution is 2.38. The molecule has 0 saturated heterocycles. The second-order valence-electron chi connectivity index (χ2n) is 5.89. The van der Waals surface area contributed by atoms with Crippen molar-refractivity contribution in [2.45, 2.75) is 45.1 Å². The van der Waals surface area contributed by atoms with E-state index < -0.39 is 5.54 Å². The first-order valence-corrected chi connectivity index (χ1v) is 6.90. The van der Waals surface area contributed by atoms with Gasteiger partial charge in [-0.25, -0.2) is 0 Å². The summed E-state index contributed by atoms with van der Waals surface area (Å²) in [4.78, 5) is 0. The molecule has 1 aliphatic carbocycles. The van der Waals surface area contributed by atoms with Gasteiger partial charge < -0.3 is 10.5 Å². The Labute approximate surface area is 115 Å². The van der Waals surface area contributed by atoms with Gasteiger partial charge in [0, 0.05) is 0 Å². The van der Waals surface area contributed by atoms with Gasteiger partial charge in [0.2, 0.25) is 0 Å². The second kappa shape index (κ2) is 5.22. The fourth-order valence-electron chi connectivity index (χ4n) is 2.17. The molecule has 1 saturated carbocycles. The predicted molar refractivity (Wildman–Crippen MR) is 76.0 cm³/mol. The van der Waals surface area contributed by atoms with Crippen LogP contribution in [0.4, 0.5) is 0 Å². The van der Waals surface area contributed by atoms with E-state index in [1.807, 2.05) is 6.92 Å². The lowest BCUT2D eigenvalue weighted by Gasteiger charge is -2.22. The van der Waals surface area contributed by atoms with E-state index in [4.69, 9.17) is 10.5 Å². The Morgan fingerprint density at radius 3 is 2.68 bits per heavy atom. The number of hydrogen-bond acceptors (Lipinski definition) is 3. The molecule has 1 unspecified atom stereocenters. The van der Waals surface area contributed by atoms with Crippen LogP contribution >= 0.6 is 0 Å². The standard InChI is InChI=1S/C16H22N2O/c1-11(2)13-5-4-12(3)15(8-13)19-10-16(18,9-17)14-6-7-14/h4-5,8,11,14H,6-7,10,18H2,1-3H3. The van der Waals surface area contributed by atoms with E-state index in [0.717, 1.165) is 24.2 Å². The lowest BCUT2D eigenvalue weighted by atomic mass is 9.97. The number of ether oxygens (including phenoxy) is 1. The molecule has 102 valence electrons. The van der Waals surface area contributed by atoms with Crippen LogP contribution in [0.15, 0.2) is 18.2 Å². The van der Waals surface area contributed by atoms with Gasteiger partial charge in [-0.3, -0.25) is 0 Å². The average molecular weight is 258 g/mol. The fraction of sp³-hybridized carbons (Fsp3) is 0.562. The third kappa shape index (κ3) is 3.08. The predicted octanol–water partition coefficient (Wildman–Crippen LogP) is 3.13. The minimum atomic E-state index is -0.833. The minimum absolute atomic E-state index is 0.274. The van der Waals surface area contributed by atoms with Crippen molar-refractivity contribution in [1.82, 2.24) is 0 Å². The van der Waals surface area contributed by atoms with Gasteiger partial charge in [-0.2, -0.15) is 5.26 Å². The third-order valence-electron chi connectivity index (χ3n) is 3.86. The molecule has 3 nitrogen and oxygen atoms in total. The summed E-state index contributed by atoms with van der Waals surface area (Å²) < 4.78 is 5.84. The van der Waals surface area contributed by atoms with Crippen LogP contribution in [0.25, 0.3) is 0 Å². The second-order valence-corrected chi connectivity index (χ2v) is 5.89. The lowest BCUT2D eigenvalue weighted by molar-refractivity contribution is 0.235. The van der Waals surface area contributed by atoms with Crippen LogP contribution in [0.3, 0.4) is 0 Å². The number of nitrogens with two attached hydrogens (primary N) is 1. The van der Waals surface area contributed by atoms with Gasteiger partial charge in [-0.15, -0.1) is 0 Å². The first-order chi connectivity index (χ1) is 8.96. The summed E-state index contributed by atoms with van der Waals surface area (Å²) in [7, 11) is 0. The van der Waals surface area contributed by atoms with E-state index in [2.05, 4.69) is 38.1 Å². The summed E-state index contributed by atoms with van der Waals surface area (Å²) in [6.45, 7) is 6.60. The van der Waals surface area contributed by atoms with Crippen molar-refractivity contribution in [3.63, 3.8) is 0 Å². The number of benzene rings is 1. The Bertz CT molecular complexity index is 500. The van der Waals surface area contributed by atoms with E-state index in [-0.39, 0.29) is 6.61 Å². The molecule has 0 spiro atoms. The Morgan fingerprint density at radius 1 is 1.47 bits per heavy atom. The number of nitriles is 1. The summed E-state index contributed by atoms with van der Waals surface area (Å²) in [6, 6.07) is 8.46. The molecule has 0 aliphatic heterocycles. The van der Waals surface area contributed by atoms with Crippen molar-refractivity contribution in [3.8, 4) is 11.8 Å². The number of hydrogen-bond donors (Lipinski definition) is 1. The molecule has 1 fully saturated rings. The first-order valence-electron chi connectivity index (χ1n) is 6.90. The Balaban J connectivity index is 2.10. The van der Waals surface area contributed by atoms with E-state index in [0.29, 0.717) is 11.8 Å². The first kappa shape index (κ1) is 13.9. The SMILES string of the molecule is Cc1ccc(C(C)C)cc1OCC(N)(C#N)C1CC1. The topological polar surface area (TPSA) is 59.0 Å². The molecule has 0 radical (unpaired) electrons. The molecule has 1 atom stereocenters. The number of rotatable bonds is 5. The van der Waals surface area contributed by atoms with E-state index in [9.17, 15) is 5.26 Å². The van der Waals surface area contributed by atoms with Crippen LogP contribution in [-0.4, -0.2) is 12.1 Å². The van der Waals surface area contributed by atoms with Crippen molar-refractivity contribution in [3.05, 3.63) is 29.3 Å². The monoisotopic (exact) mass is 258 g/mol. The Morgan fingerprint density at radius 2 is 2.16 bits per heavy atom. The summed E-state index contributed by atoms with van der Waals surface area (Å²) in [5.74, 6) is 1.60. The summed E-state index contributed by atoms with van der Waals surface area (Å²) in [5.41, 5.74) is 7.61. The number of nitrogens with zero attached hydrogens (tertiary/aromatic N) is 1. The maximum Gasteiger partial charge on any atom is 0.141 e. The van der Waals surface area contributed by atoms with Gasteiger partial charge in [0.25, 0.3) is 0 Å². The van der Waals surface area contributed by atoms with Gasteiger partial charge in [0.1, 0.15) is 17.9 Å². The maximum atomic E-state index is 9.23. The van der Waals surface area contributed by atoms with E-state index in [1.165, 1.54) is 5.56 Å². The summed E-state index contributed by atoms with van der Waals surface area (Å²) >= 11 is 0. The molecular weight excluding hydrogens is 236 g/mol. The zero-order valence-corrected chi connectivity index (χ0v) is 11.9. The zero-order valence-electron chi connectivity index (χ0n) is 11.9. The van der Waals surface area contributed by atoms with Crippen molar-refractivity contribution in [2.75, 3.05) is 6.61 Å². The van der Waals surface area contributed by atoms with Crippen LogP contribution in [0.2, 0.25) is 0 Å². The fourth-order valence-corrected chi connectivity index (χ4v) is 2.17. The molecule has 0 heterocycles. The van der Waals surface area contributed by atoms with E-state index >= 15 is 0 Å². The van der Waals surface area contributed by atoms with Crippen molar-refractivity contribution in [1.29, 1.82) is 5.26 Å². The highest BCUT2D eigenvalue weighted by Gasteiger charge is 2.43. The van der Waals surface area contributed by atoms with Crippen molar-refractivity contribution in [2.24, 2.45) is 11.7 Å². The van der Waals surface area contributed by atoms with Crippen molar-refractivity contribution < 1.29 is 4.74 Å². The molecular formula is C16H22N2O. The highest BCUT2D eigenvalue weighted by atomic mass is 16.5. The van der Waals surface area contributed by atoms with Crippen LogP contribution in [0.5, 0.6) is 5.75 Å². The minimum Gasteiger partial charge on any atom is -0.490 e. The van der Waals surface area contributed by atoms with Gasteiger partial charge in [0.15, 0.2) is 0 Å². The molecule has 0 aromatic heterocycles.